The van der Waals surface area contributed by atoms with Gasteiger partial charge in [-0.1, -0.05) is 0 Å². The molecule has 0 saturated carbocycles. The first-order valence-corrected chi connectivity index (χ1v) is 6.39. The zero-order chi connectivity index (χ0) is 12.3. The van der Waals surface area contributed by atoms with Crippen molar-refractivity contribution in [2.24, 2.45) is 12.8 Å². The summed E-state index contributed by atoms with van der Waals surface area (Å²) >= 11 is 1.67. The number of nitrogens with zero attached hydrogens (tertiary/aromatic N) is 3. The number of hydrogen-bond acceptors (Lipinski definition) is 5. The van der Waals surface area contributed by atoms with Crippen molar-refractivity contribution in [2.75, 3.05) is 6.54 Å². The first-order chi connectivity index (χ1) is 8.15. The van der Waals surface area contributed by atoms with Gasteiger partial charge in [0.15, 0.2) is 0 Å². The molecule has 2 heterocycles. The zero-order valence-electron chi connectivity index (χ0n) is 10.1. The molecule has 3 N–H and O–H groups in total. The smallest absolute Gasteiger partial charge is 0.107 e. The van der Waals surface area contributed by atoms with E-state index < -0.39 is 0 Å². The first-order valence-electron chi connectivity index (χ1n) is 5.51. The average Bonchev–Trinajstić information content (AvgIpc) is 2.88. The van der Waals surface area contributed by atoms with E-state index in [0.717, 1.165) is 29.4 Å². The van der Waals surface area contributed by atoms with Gasteiger partial charge in [-0.05, 0) is 6.92 Å². The normalized spacial score (nSPS) is 12.9. The molecule has 2 aromatic heterocycles. The molecule has 2 rings (SSSR count). The number of nitrogens with one attached hydrogen (secondary N) is 1. The summed E-state index contributed by atoms with van der Waals surface area (Å²) in [5.74, 6) is 0. The Labute approximate surface area is 105 Å². The molecule has 17 heavy (non-hydrogen) atoms. The van der Waals surface area contributed by atoms with Crippen molar-refractivity contribution in [1.29, 1.82) is 0 Å². The molecule has 0 fully saturated rings. The summed E-state index contributed by atoms with van der Waals surface area (Å²) in [6.07, 6.45) is 3.75. The molecule has 0 radical (unpaired) electrons. The Bertz CT molecular complexity index is 476. The van der Waals surface area contributed by atoms with Crippen molar-refractivity contribution in [1.82, 2.24) is 20.1 Å². The molecule has 6 heteroatoms. The summed E-state index contributed by atoms with van der Waals surface area (Å²) in [6, 6.07) is -0.0234. The summed E-state index contributed by atoms with van der Waals surface area (Å²) in [5.41, 5.74) is 8.17. The van der Waals surface area contributed by atoms with Gasteiger partial charge in [0, 0.05) is 49.0 Å². The predicted octanol–water partition coefficient (Wildman–Crippen LogP) is 0.975. The lowest BCUT2D eigenvalue weighted by molar-refractivity contribution is 0.596. The molecule has 5 nitrogen and oxygen atoms in total. The summed E-state index contributed by atoms with van der Waals surface area (Å²) in [5, 5.41) is 10.6. The van der Waals surface area contributed by atoms with E-state index in [1.807, 2.05) is 20.2 Å². The number of hydrogen-bond donors (Lipinski definition) is 2. The van der Waals surface area contributed by atoms with Crippen LogP contribution in [0.15, 0.2) is 17.8 Å². The molecular weight excluding hydrogens is 234 g/mol. The van der Waals surface area contributed by atoms with Crippen molar-refractivity contribution in [2.45, 2.75) is 19.5 Å². The highest BCUT2D eigenvalue weighted by Crippen LogP contribution is 2.10. The zero-order valence-corrected chi connectivity index (χ0v) is 10.9. The molecule has 0 bridgehead atoms. The lowest BCUT2D eigenvalue weighted by atomic mass is 10.2. The van der Waals surface area contributed by atoms with E-state index in [1.165, 1.54) is 0 Å². The van der Waals surface area contributed by atoms with Crippen LogP contribution in [0.4, 0.5) is 0 Å². The van der Waals surface area contributed by atoms with Crippen molar-refractivity contribution in [3.8, 4) is 0 Å². The van der Waals surface area contributed by atoms with Crippen LogP contribution >= 0.6 is 11.3 Å². The second kappa shape index (κ2) is 5.39. The van der Waals surface area contributed by atoms with Gasteiger partial charge in [0.1, 0.15) is 5.01 Å². The van der Waals surface area contributed by atoms with E-state index in [9.17, 15) is 0 Å². The van der Waals surface area contributed by atoms with Gasteiger partial charge in [-0.15, -0.1) is 11.3 Å². The monoisotopic (exact) mass is 251 g/mol. The fraction of sp³-hybridized carbons (Fsp3) is 0.455. The molecule has 0 amide bonds. The van der Waals surface area contributed by atoms with Crippen LogP contribution < -0.4 is 11.1 Å². The van der Waals surface area contributed by atoms with Crippen molar-refractivity contribution < 1.29 is 0 Å². The highest BCUT2D eigenvalue weighted by atomic mass is 32.1. The van der Waals surface area contributed by atoms with E-state index >= 15 is 0 Å². The fourth-order valence-electron chi connectivity index (χ4n) is 1.57. The van der Waals surface area contributed by atoms with Gasteiger partial charge < -0.3 is 11.1 Å². The van der Waals surface area contributed by atoms with Crippen molar-refractivity contribution in [3.63, 3.8) is 0 Å². The van der Waals surface area contributed by atoms with Crippen LogP contribution in [0.25, 0.3) is 0 Å². The molecule has 2 aromatic rings. The Morgan fingerprint density at radius 3 is 3.00 bits per heavy atom. The quantitative estimate of drug-likeness (QED) is 0.831. The minimum absolute atomic E-state index is 0.0234. The van der Waals surface area contributed by atoms with Crippen molar-refractivity contribution >= 4 is 11.3 Å². The van der Waals surface area contributed by atoms with E-state index in [-0.39, 0.29) is 6.04 Å². The molecule has 1 unspecified atom stereocenters. The number of rotatable bonds is 5. The Morgan fingerprint density at radius 1 is 1.59 bits per heavy atom. The van der Waals surface area contributed by atoms with Crippen LogP contribution in [0.5, 0.6) is 0 Å². The fourth-order valence-corrected chi connectivity index (χ4v) is 2.31. The number of aryl methyl sites for hydroxylation is 2. The summed E-state index contributed by atoms with van der Waals surface area (Å²) in [6.45, 7) is 3.50. The largest absolute Gasteiger partial charge is 0.323 e. The third-order valence-electron chi connectivity index (χ3n) is 2.46. The molecule has 0 spiro atoms. The second-order valence-electron chi connectivity index (χ2n) is 4.07. The Balaban J connectivity index is 1.78. The number of thiazole rings is 1. The maximum absolute atomic E-state index is 6.04. The molecule has 0 aliphatic carbocycles. The lowest BCUT2D eigenvalue weighted by Gasteiger charge is -2.09. The van der Waals surface area contributed by atoms with Gasteiger partial charge in [-0.25, -0.2) is 4.98 Å². The molecule has 92 valence electrons. The highest BCUT2D eigenvalue weighted by Gasteiger charge is 2.07. The second-order valence-corrected chi connectivity index (χ2v) is 5.01. The van der Waals surface area contributed by atoms with Crippen LogP contribution in [0.1, 0.15) is 22.3 Å². The van der Waals surface area contributed by atoms with E-state index in [2.05, 4.69) is 20.8 Å². The maximum atomic E-state index is 6.04. The summed E-state index contributed by atoms with van der Waals surface area (Å²) < 4.78 is 1.76. The number of aromatic nitrogens is 3. The van der Waals surface area contributed by atoms with Crippen molar-refractivity contribution in [3.05, 3.63) is 34.0 Å². The van der Waals surface area contributed by atoms with Crippen LogP contribution in [0.3, 0.4) is 0 Å². The van der Waals surface area contributed by atoms with Gasteiger partial charge in [0.05, 0.1) is 6.20 Å². The average molecular weight is 251 g/mol. The minimum atomic E-state index is -0.0234. The van der Waals surface area contributed by atoms with Crippen LogP contribution in [-0.2, 0) is 13.6 Å². The standard InChI is InChI=1S/C11H17N5S/c1-8-7-17-11(15-8)5-13-4-10(12)9-3-14-16(2)6-9/h3,6-7,10,13H,4-5,12H2,1-2H3. The lowest BCUT2D eigenvalue weighted by Crippen LogP contribution is -2.26. The minimum Gasteiger partial charge on any atom is -0.323 e. The van der Waals surface area contributed by atoms with E-state index in [0.29, 0.717) is 0 Å². The molecule has 0 aliphatic rings. The SMILES string of the molecule is Cc1csc(CNCC(N)c2cnn(C)c2)n1. The van der Waals surface area contributed by atoms with E-state index in [4.69, 9.17) is 5.73 Å². The highest BCUT2D eigenvalue weighted by molar-refractivity contribution is 7.09. The topological polar surface area (TPSA) is 68.8 Å². The first kappa shape index (κ1) is 12.2. The number of nitrogens with two attached hydrogens (primary N) is 1. The van der Waals surface area contributed by atoms with Gasteiger partial charge in [0.2, 0.25) is 0 Å². The predicted molar refractivity (Wildman–Crippen MR) is 68.7 cm³/mol. The molecular formula is C11H17N5S. The molecule has 0 aliphatic heterocycles. The third-order valence-corrected chi connectivity index (χ3v) is 3.43. The molecule has 0 saturated heterocycles. The Hall–Kier alpha value is -1.24. The summed E-state index contributed by atoms with van der Waals surface area (Å²) in [4.78, 5) is 4.38. The Kier molecular flexibility index (Phi) is 3.88. The summed E-state index contributed by atoms with van der Waals surface area (Å²) in [7, 11) is 1.89. The van der Waals surface area contributed by atoms with Gasteiger partial charge >= 0.3 is 0 Å². The third kappa shape index (κ3) is 3.36. The van der Waals surface area contributed by atoms with Gasteiger partial charge in [-0.3, -0.25) is 4.68 Å². The van der Waals surface area contributed by atoms with Gasteiger partial charge in [0.25, 0.3) is 0 Å². The van der Waals surface area contributed by atoms with E-state index in [1.54, 1.807) is 22.2 Å². The van der Waals surface area contributed by atoms with Crippen LogP contribution in [-0.4, -0.2) is 21.3 Å². The van der Waals surface area contributed by atoms with Gasteiger partial charge in [-0.2, -0.15) is 5.10 Å². The Morgan fingerprint density at radius 2 is 2.41 bits per heavy atom. The van der Waals surface area contributed by atoms with Crippen LogP contribution in [0, 0.1) is 6.92 Å². The molecule has 0 aromatic carbocycles. The van der Waals surface area contributed by atoms with Crippen LogP contribution in [0.2, 0.25) is 0 Å². The maximum Gasteiger partial charge on any atom is 0.107 e. The molecule has 1 atom stereocenters.